The highest BCUT2D eigenvalue weighted by atomic mass is 32.1. The Labute approximate surface area is 118 Å². The number of nitrogens with one attached hydrogen (secondary N) is 2. The number of carbonyl (C=O) groups excluding carboxylic acids is 1. The van der Waals surface area contributed by atoms with Crippen LogP contribution in [-0.2, 0) is 6.42 Å². The van der Waals surface area contributed by atoms with E-state index < -0.39 is 4.92 Å². The van der Waals surface area contributed by atoms with Gasteiger partial charge in [-0.15, -0.1) is 0 Å². The Morgan fingerprint density at radius 3 is 3.00 bits per heavy atom. The minimum atomic E-state index is -0.498. The van der Waals surface area contributed by atoms with Gasteiger partial charge in [-0.3, -0.25) is 14.9 Å². The third-order valence-electron chi connectivity index (χ3n) is 3.10. The highest BCUT2D eigenvalue weighted by molar-refractivity contribution is 7.13. The molecule has 6 nitrogen and oxygen atoms in total. The van der Waals surface area contributed by atoms with Crippen molar-refractivity contribution in [3.63, 3.8) is 0 Å². The minimum absolute atomic E-state index is 0.0340. The van der Waals surface area contributed by atoms with Crippen LogP contribution in [0.15, 0.2) is 29.6 Å². The summed E-state index contributed by atoms with van der Waals surface area (Å²) in [7, 11) is 0. The van der Waals surface area contributed by atoms with Gasteiger partial charge in [0.1, 0.15) is 0 Å². The molecule has 2 N–H and O–H groups in total. The summed E-state index contributed by atoms with van der Waals surface area (Å²) in [5.41, 5.74) is 3.26. The Morgan fingerprint density at radius 1 is 1.40 bits per heavy atom. The summed E-state index contributed by atoms with van der Waals surface area (Å²) in [6.07, 6.45) is 0.933. The quantitative estimate of drug-likeness (QED) is 0.672. The van der Waals surface area contributed by atoms with E-state index in [1.807, 2.05) is 18.2 Å². The van der Waals surface area contributed by atoms with Gasteiger partial charge in [-0.2, -0.15) is 0 Å². The van der Waals surface area contributed by atoms with Gasteiger partial charge in [-0.1, -0.05) is 11.3 Å². The Hall–Kier alpha value is -2.41. The third kappa shape index (κ3) is 2.35. The second-order valence-corrected chi connectivity index (χ2v) is 5.32. The number of hydrogen-bond acceptors (Lipinski definition) is 5. The summed E-state index contributed by atoms with van der Waals surface area (Å²) in [5.74, 6) is -0.333. The Kier molecular flexibility index (Phi) is 3.11. The first-order valence-electron chi connectivity index (χ1n) is 6.04. The first-order valence-corrected chi connectivity index (χ1v) is 6.92. The summed E-state index contributed by atoms with van der Waals surface area (Å²) >= 11 is 0.947. The molecule has 3 rings (SSSR count). The van der Waals surface area contributed by atoms with E-state index >= 15 is 0 Å². The molecule has 1 aromatic heterocycles. The van der Waals surface area contributed by atoms with Crippen LogP contribution in [0.25, 0.3) is 0 Å². The maximum absolute atomic E-state index is 12.0. The van der Waals surface area contributed by atoms with Crippen LogP contribution in [0.2, 0.25) is 0 Å². The van der Waals surface area contributed by atoms with E-state index in [1.54, 1.807) is 0 Å². The van der Waals surface area contributed by atoms with E-state index in [-0.39, 0.29) is 10.9 Å². The van der Waals surface area contributed by atoms with Gasteiger partial charge in [0.15, 0.2) is 0 Å². The number of hydrogen-bond donors (Lipinski definition) is 2. The molecular formula is C13H11N3O3S. The molecule has 0 bridgehead atoms. The van der Waals surface area contributed by atoms with Gasteiger partial charge in [-0.05, 0) is 30.2 Å². The molecule has 0 unspecified atom stereocenters. The molecule has 102 valence electrons. The number of nitro groups is 1. The Bertz CT molecular complexity index is 696. The van der Waals surface area contributed by atoms with Crippen molar-refractivity contribution in [2.45, 2.75) is 6.42 Å². The number of benzene rings is 1. The lowest BCUT2D eigenvalue weighted by molar-refractivity contribution is -0.380. The number of nitrogens with zero attached hydrogens (tertiary/aromatic N) is 1. The van der Waals surface area contributed by atoms with E-state index in [9.17, 15) is 14.9 Å². The van der Waals surface area contributed by atoms with Gasteiger partial charge >= 0.3 is 5.00 Å². The van der Waals surface area contributed by atoms with E-state index in [2.05, 4.69) is 10.6 Å². The first kappa shape index (κ1) is 12.6. The Morgan fingerprint density at radius 2 is 2.25 bits per heavy atom. The van der Waals surface area contributed by atoms with Crippen molar-refractivity contribution in [1.82, 2.24) is 0 Å². The molecular weight excluding hydrogens is 278 g/mol. The van der Waals surface area contributed by atoms with Crippen molar-refractivity contribution in [3.8, 4) is 0 Å². The second kappa shape index (κ2) is 4.93. The average Bonchev–Trinajstić information content (AvgIpc) is 3.07. The molecule has 0 aliphatic carbocycles. The standard InChI is InChI=1S/C13H11N3O3S/c17-13(9-6-12(16(18)19)20-7-9)15-10-1-2-11-8(5-10)3-4-14-11/h1-2,5-7,14H,3-4H2,(H,15,17). The second-order valence-electron chi connectivity index (χ2n) is 4.43. The molecule has 0 atom stereocenters. The predicted molar refractivity (Wildman–Crippen MR) is 77.6 cm³/mol. The van der Waals surface area contributed by atoms with Crippen LogP contribution in [0.4, 0.5) is 16.4 Å². The highest BCUT2D eigenvalue weighted by Crippen LogP contribution is 2.27. The molecule has 7 heteroatoms. The fourth-order valence-electron chi connectivity index (χ4n) is 2.13. The monoisotopic (exact) mass is 289 g/mol. The lowest BCUT2D eigenvalue weighted by Gasteiger charge is -2.06. The summed E-state index contributed by atoms with van der Waals surface area (Å²) in [6, 6.07) is 6.95. The summed E-state index contributed by atoms with van der Waals surface area (Å²) < 4.78 is 0. The molecule has 1 aliphatic rings. The topological polar surface area (TPSA) is 84.3 Å². The van der Waals surface area contributed by atoms with Crippen LogP contribution in [0, 0.1) is 10.1 Å². The summed E-state index contributed by atoms with van der Waals surface area (Å²) in [4.78, 5) is 22.1. The first-order chi connectivity index (χ1) is 9.63. The third-order valence-corrected chi connectivity index (χ3v) is 3.98. The lowest BCUT2D eigenvalue weighted by Crippen LogP contribution is -2.10. The van der Waals surface area contributed by atoms with Crippen molar-refractivity contribution in [1.29, 1.82) is 0 Å². The van der Waals surface area contributed by atoms with Crippen LogP contribution in [0.5, 0.6) is 0 Å². The van der Waals surface area contributed by atoms with Gasteiger partial charge in [0.25, 0.3) is 5.91 Å². The van der Waals surface area contributed by atoms with Crippen LogP contribution >= 0.6 is 11.3 Å². The summed E-state index contributed by atoms with van der Waals surface area (Å²) in [6.45, 7) is 0.906. The van der Waals surface area contributed by atoms with E-state index in [4.69, 9.17) is 0 Å². The van der Waals surface area contributed by atoms with Crippen molar-refractivity contribution in [2.24, 2.45) is 0 Å². The van der Waals surface area contributed by atoms with Crippen molar-refractivity contribution >= 4 is 33.6 Å². The average molecular weight is 289 g/mol. The van der Waals surface area contributed by atoms with E-state index in [0.29, 0.717) is 11.3 Å². The molecule has 2 aromatic rings. The zero-order valence-corrected chi connectivity index (χ0v) is 11.2. The van der Waals surface area contributed by atoms with E-state index in [0.717, 1.165) is 30.0 Å². The fraction of sp³-hybridized carbons (Fsp3) is 0.154. The van der Waals surface area contributed by atoms with Gasteiger partial charge in [-0.25, -0.2) is 0 Å². The maximum atomic E-state index is 12.0. The number of anilines is 2. The molecule has 1 aromatic carbocycles. The molecule has 0 saturated carbocycles. The van der Waals surface area contributed by atoms with Gasteiger partial charge in [0.2, 0.25) is 0 Å². The van der Waals surface area contributed by atoms with E-state index in [1.165, 1.54) is 17.0 Å². The molecule has 1 aliphatic heterocycles. The van der Waals surface area contributed by atoms with Gasteiger partial charge in [0.05, 0.1) is 10.5 Å². The van der Waals surface area contributed by atoms with Crippen molar-refractivity contribution < 1.29 is 9.72 Å². The molecule has 0 radical (unpaired) electrons. The van der Waals surface area contributed by atoms with Crippen molar-refractivity contribution in [3.05, 3.63) is 50.9 Å². The number of thiophene rings is 1. The van der Waals surface area contributed by atoms with Crippen LogP contribution in [-0.4, -0.2) is 17.4 Å². The maximum Gasteiger partial charge on any atom is 0.324 e. The van der Waals surface area contributed by atoms with Crippen LogP contribution in [0.3, 0.4) is 0 Å². The summed E-state index contributed by atoms with van der Waals surface area (Å²) in [5, 5.41) is 18.1. The molecule has 2 heterocycles. The fourth-order valence-corrected chi connectivity index (χ4v) is 2.83. The lowest BCUT2D eigenvalue weighted by atomic mass is 10.1. The highest BCUT2D eigenvalue weighted by Gasteiger charge is 2.16. The van der Waals surface area contributed by atoms with Crippen molar-refractivity contribution in [2.75, 3.05) is 17.2 Å². The number of fused-ring (bicyclic) bond motifs is 1. The van der Waals surface area contributed by atoms with Gasteiger partial charge in [0, 0.05) is 29.4 Å². The molecule has 0 fully saturated rings. The Balaban J connectivity index is 1.76. The molecule has 1 amide bonds. The predicted octanol–water partition coefficient (Wildman–Crippen LogP) is 2.88. The smallest absolute Gasteiger partial charge is 0.324 e. The largest absolute Gasteiger partial charge is 0.384 e. The number of carbonyl (C=O) groups is 1. The van der Waals surface area contributed by atoms with Gasteiger partial charge < -0.3 is 10.6 Å². The molecule has 20 heavy (non-hydrogen) atoms. The zero-order chi connectivity index (χ0) is 14.1. The molecule has 0 spiro atoms. The SMILES string of the molecule is O=C(Nc1ccc2c(c1)CCN2)c1csc([N+](=O)[O-])c1. The minimum Gasteiger partial charge on any atom is -0.384 e. The van der Waals surface area contributed by atoms with Crippen LogP contribution in [0.1, 0.15) is 15.9 Å². The molecule has 0 saturated heterocycles. The van der Waals surface area contributed by atoms with Crippen LogP contribution < -0.4 is 10.6 Å². The zero-order valence-electron chi connectivity index (χ0n) is 10.4. The number of rotatable bonds is 3. The number of amides is 1. The normalized spacial score (nSPS) is 12.6.